The number of carboxylic acid groups (broad SMARTS) is 1. The van der Waals surface area contributed by atoms with Gasteiger partial charge in [0.05, 0.1) is 17.2 Å². The first-order valence-corrected chi connectivity index (χ1v) is 7.97. The molecule has 2 aromatic rings. The summed E-state index contributed by atoms with van der Waals surface area (Å²) in [6.07, 6.45) is 1.94. The van der Waals surface area contributed by atoms with E-state index in [0.29, 0.717) is 16.6 Å². The van der Waals surface area contributed by atoms with Crippen molar-refractivity contribution in [3.63, 3.8) is 0 Å². The van der Waals surface area contributed by atoms with Crippen LogP contribution in [0.25, 0.3) is 0 Å². The van der Waals surface area contributed by atoms with Gasteiger partial charge in [0.15, 0.2) is 0 Å². The highest BCUT2D eigenvalue weighted by molar-refractivity contribution is 9.10. The van der Waals surface area contributed by atoms with Crippen molar-refractivity contribution >= 4 is 27.8 Å². The van der Waals surface area contributed by atoms with E-state index in [1.54, 1.807) is 19.1 Å². The maximum Gasteiger partial charge on any atom is 0.325 e. The molecule has 0 fully saturated rings. The van der Waals surface area contributed by atoms with Crippen molar-refractivity contribution in [1.29, 1.82) is 0 Å². The lowest BCUT2D eigenvalue weighted by atomic mass is 10.0. The van der Waals surface area contributed by atoms with Gasteiger partial charge in [0, 0.05) is 5.92 Å². The Morgan fingerprint density at radius 2 is 2.21 bits per heavy atom. The molecular weight excluding hydrogens is 383 g/mol. The van der Waals surface area contributed by atoms with Crippen molar-refractivity contribution in [2.24, 2.45) is 5.92 Å². The van der Waals surface area contributed by atoms with Crippen LogP contribution in [0.5, 0.6) is 0 Å². The number of nitrogens with zero attached hydrogens (tertiary/aromatic N) is 3. The van der Waals surface area contributed by atoms with E-state index in [0.717, 1.165) is 5.56 Å². The van der Waals surface area contributed by atoms with Gasteiger partial charge in [-0.3, -0.25) is 9.59 Å². The number of carboxylic acids is 1. The molecule has 0 saturated heterocycles. The number of carbonyl (C=O) groups excluding carboxylic acids is 1. The number of benzene rings is 1. The number of nitrogens with one attached hydrogen (secondary N) is 1. The number of aromatic nitrogens is 3. The van der Waals surface area contributed by atoms with E-state index in [2.05, 4.69) is 31.6 Å². The molecule has 2 N–H and O–H groups in total. The smallest absolute Gasteiger partial charge is 0.325 e. The second-order valence-corrected chi connectivity index (χ2v) is 6.23. The van der Waals surface area contributed by atoms with E-state index in [4.69, 9.17) is 5.11 Å². The van der Waals surface area contributed by atoms with Crippen LogP contribution in [-0.2, 0) is 29.1 Å². The monoisotopic (exact) mass is 398 g/mol. The second-order valence-electron chi connectivity index (χ2n) is 5.37. The molecule has 2 rings (SSSR count). The molecule has 0 aliphatic heterocycles. The largest absolute Gasteiger partial charge is 0.480 e. The predicted octanol–water partition coefficient (Wildman–Crippen LogP) is 1.76. The molecular formula is C15H16BrFN4O3. The van der Waals surface area contributed by atoms with E-state index < -0.39 is 5.97 Å². The van der Waals surface area contributed by atoms with Crippen molar-refractivity contribution in [3.05, 3.63) is 45.9 Å². The Morgan fingerprint density at radius 1 is 1.46 bits per heavy atom. The predicted molar refractivity (Wildman–Crippen MR) is 86.5 cm³/mol. The molecule has 1 atom stereocenters. The summed E-state index contributed by atoms with van der Waals surface area (Å²) in [6, 6.07) is 4.64. The first kappa shape index (κ1) is 18.1. The number of hydrogen-bond acceptors (Lipinski definition) is 4. The van der Waals surface area contributed by atoms with Gasteiger partial charge in [-0.05, 0) is 40.0 Å². The summed E-state index contributed by atoms with van der Waals surface area (Å²) >= 11 is 3.12. The van der Waals surface area contributed by atoms with Gasteiger partial charge in [0.25, 0.3) is 0 Å². The molecule has 0 bridgehead atoms. The summed E-state index contributed by atoms with van der Waals surface area (Å²) in [5.41, 5.74) is 1.32. The van der Waals surface area contributed by atoms with E-state index in [-0.39, 0.29) is 30.7 Å². The average molecular weight is 399 g/mol. The van der Waals surface area contributed by atoms with Gasteiger partial charge in [0.2, 0.25) is 5.91 Å². The first-order chi connectivity index (χ1) is 11.3. The van der Waals surface area contributed by atoms with E-state index >= 15 is 0 Å². The van der Waals surface area contributed by atoms with Crippen molar-refractivity contribution < 1.29 is 19.1 Å². The molecule has 0 spiro atoms. The quantitative estimate of drug-likeness (QED) is 0.740. The van der Waals surface area contributed by atoms with Crippen LogP contribution in [0.1, 0.15) is 18.2 Å². The SMILES string of the molecule is CC(Cc1ccc(F)c(Br)c1)C(=O)NCc1cn(CC(=O)O)nn1. The van der Waals surface area contributed by atoms with Crippen LogP contribution in [0.4, 0.5) is 4.39 Å². The number of halogens is 2. The molecule has 1 unspecified atom stereocenters. The van der Waals surface area contributed by atoms with Gasteiger partial charge in [-0.25, -0.2) is 9.07 Å². The third kappa shape index (κ3) is 5.12. The van der Waals surface area contributed by atoms with Crippen LogP contribution in [0.2, 0.25) is 0 Å². The van der Waals surface area contributed by atoms with Gasteiger partial charge in [-0.1, -0.05) is 18.2 Å². The second kappa shape index (κ2) is 8.00. The van der Waals surface area contributed by atoms with E-state index in [1.807, 2.05) is 0 Å². The van der Waals surface area contributed by atoms with Crippen molar-refractivity contribution in [2.75, 3.05) is 0 Å². The number of carbonyl (C=O) groups is 2. The normalized spacial score (nSPS) is 12.0. The van der Waals surface area contributed by atoms with Crippen LogP contribution in [0.3, 0.4) is 0 Å². The molecule has 1 heterocycles. The fourth-order valence-electron chi connectivity index (χ4n) is 2.10. The van der Waals surface area contributed by atoms with Crippen LogP contribution >= 0.6 is 15.9 Å². The molecule has 0 saturated carbocycles. The highest BCUT2D eigenvalue weighted by atomic mass is 79.9. The third-order valence-electron chi connectivity index (χ3n) is 3.30. The third-order valence-corrected chi connectivity index (χ3v) is 3.91. The number of hydrogen-bond donors (Lipinski definition) is 2. The minimum Gasteiger partial charge on any atom is -0.480 e. The number of amides is 1. The van der Waals surface area contributed by atoms with Crippen molar-refractivity contribution in [1.82, 2.24) is 20.3 Å². The summed E-state index contributed by atoms with van der Waals surface area (Å²) < 4.78 is 14.8. The van der Waals surface area contributed by atoms with Crippen LogP contribution in [-0.4, -0.2) is 32.0 Å². The van der Waals surface area contributed by atoms with Crippen LogP contribution in [0, 0.1) is 11.7 Å². The molecule has 1 aromatic carbocycles. The fourth-order valence-corrected chi connectivity index (χ4v) is 2.53. The molecule has 24 heavy (non-hydrogen) atoms. The van der Waals surface area contributed by atoms with Gasteiger partial charge in [-0.2, -0.15) is 0 Å². The average Bonchev–Trinajstić information content (AvgIpc) is 2.95. The van der Waals surface area contributed by atoms with Crippen LogP contribution in [0.15, 0.2) is 28.9 Å². The maximum atomic E-state index is 13.2. The standard InChI is InChI=1S/C15H16BrFN4O3/c1-9(4-10-2-3-13(17)12(16)5-10)15(24)18-6-11-7-21(20-19-11)8-14(22)23/h2-3,5,7,9H,4,6,8H2,1H3,(H,18,24)(H,22,23). The van der Waals surface area contributed by atoms with Gasteiger partial charge < -0.3 is 10.4 Å². The summed E-state index contributed by atoms with van der Waals surface area (Å²) in [4.78, 5) is 22.7. The van der Waals surface area contributed by atoms with Gasteiger partial charge in [-0.15, -0.1) is 5.10 Å². The Morgan fingerprint density at radius 3 is 2.88 bits per heavy atom. The topological polar surface area (TPSA) is 97.1 Å². The molecule has 1 aromatic heterocycles. The molecule has 128 valence electrons. The molecule has 9 heteroatoms. The zero-order chi connectivity index (χ0) is 17.7. The summed E-state index contributed by atoms with van der Waals surface area (Å²) in [5.74, 6) is -1.85. The van der Waals surface area contributed by atoms with Crippen molar-refractivity contribution in [2.45, 2.75) is 26.4 Å². The minimum absolute atomic E-state index is 0.163. The zero-order valence-corrected chi connectivity index (χ0v) is 14.5. The number of rotatable bonds is 7. The summed E-state index contributed by atoms with van der Waals surface area (Å²) in [7, 11) is 0. The van der Waals surface area contributed by atoms with E-state index in [9.17, 15) is 14.0 Å². The highest BCUT2D eigenvalue weighted by Gasteiger charge is 2.15. The zero-order valence-electron chi connectivity index (χ0n) is 12.9. The lowest BCUT2D eigenvalue weighted by Gasteiger charge is -2.12. The Balaban J connectivity index is 1.86. The molecule has 1 amide bonds. The maximum absolute atomic E-state index is 13.2. The first-order valence-electron chi connectivity index (χ1n) is 7.17. The molecule has 0 aliphatic rings. The fraction of sp³-hybridized carbons (Fsp3) is 0.333. The summed E-state index contributed by atoms with van der Waals surface area (Å²) in [6.45, 7) is 1.65. The summed E-state index contributed by atoms with van der Waals surface area (Å²) in [5, 5.41) is 18.8. The lowest BCUT2D eigenvalue weighted by molar-refractivity contribution is -0.138. The van der Waals surface area contributed by atoms with Gasteiger partial charge >= 0.3 is 5.97 Å². The van der Waals surface area contributed by atoms with Gasteiger partial charge in [0.1, 0.15) is 18.1 Å². The van der Waals surface area contributed by atoms with E-state index in [1.165, 1.54) is 16.9 Å². The Labute approximate surface area is 146 Å². The molecule has 0 aliphatic carbocycles. The number of aliphatic carboxylic acids is 1. The Hall–Kier alpha value is -2.29. The molecule has 0 radical (unpaired) electrons. The highest BCUT2D eigenvalue weighted by Crippen LogP contribution is 2.19. The van der Waals surface area contributed by atoms with Crippen LogP contribution < -0.4 is 5.32 Å². The minimum atomic E-state index is -1.02. The lowest BCUT2D eigenvalue weighted by Crippen LogP contribution is -2.30. The Kier molecular flexibility index (Phi) is 6.02. The Bertz CT molecular complexity index is 750. The molecule has 7 nitrogen and oxygen atoms in total. The van der Waals surface area contributed by atoms with Crippen molar-refractivity contribution in [3.8, 4) is 0 Å².